The van der Waals surface area contributed by atoms with Crippen LogP contribution >= 0.6 is 12.2 Å². The molecule has 2 rings (SSSR count). The van der Waals surface area contributed by atoms with Gasteiger partial charge in [0, 0.05) is 6.07 Å². The second kappa shape index (κ2) is 43.8. The molecule has 0 saturated carbocycles. The summed E-state index contributed by atoms with van der Waals surface area (Å²) in [5, 5.41) is 60.4. The monoisotopic (exact) mass is 1010 g/mol. The van der Waals surface area contributed by atoms with Gasteiger partial charge in [0.15, 0.2) is 6.29 Å². The zero-order chi connectivity index (χ0) is 50.9. The molecule has 1 aromatic rings. The highest BCUT2D eigenvalue weighted by Crippen LogP contribution is 2.25. The molecule has 1 aliphatic rings. The summed E-state index contributed by atoms with van der Waals surface area (Å²) in [6.07, 6.45) is 37.2. The van der Waals surface area contributed by atoms with Crippen LogP contribution in [0.3, 0.4) is 0 Å². The van der Waals surface area contributed by atoms with Crippen molar-refractivity contribution in [2.45, 2.75) is 300 Å². The first-order chi connectivity index (χ1) is 34.1. The van der Waals surface area contributed by atoms with Crippen molar-refractivity contribution in [2.75, 3.05) is 25.1 Å². The Hall–Kier alpha value is -1.55. The van der Waals surface area contributed by atoms with Crippen LogP contribution in [0.2, 0.25) is 0 Å². The van der Waals surface area contributed by atoms with Gasteiger partial charge in [-0.15, -0.1) is 0 Å². The molecule has 0 aliphatic carbocycles. The van der Waals surface area contributed by atoms with Gasteiger partial charge < -0.3 is 50.4 Å². The summed E-state index contributed by atoms with van der Waals surface area (Å²) < 4.78 is 44.7. The van der Waals surface area contributed by atoms with E-state index in [1.54, 1.807) is 0 Å². The summed E-state index contributed by atoms with van der Waals surface area (Å²) in [4.78, 5) is 0. The predicted octanol–water partition coefficient (Wildman–Crippen LogP) is 13.7. The Bertz CT molecular complexity index is 1370. The zero-order valence-electron chi connectivity index (χ0n) is 44.3. The van der Waals surface area contributed by atoms with Crippen LogP contribution in [0.1, 0.15) is 251 Å². The number of hydrogen-bond acceptors (Lipinski definition) is 10. The van der Waals surface area contributed by atoms with E-state index in [0.717, 1.165) is 50.7 Å². The third-order valence-electron chi connectivity index (χ3n) is 14.3. The number of thiocarbonyl (C=S) groups is 1. The Morgan fingerprint density at radius 2 is 1.00 bits per heavy atom. The Labute approximate surface area is 430 Å². The molecule has 7 N–H and O–H groups in total. The molecule has 1 aromatic carbocycles. The minimum atomic E-state index is -1.66. The van der Waals surface area contributed by atoms with Crippen molar-refractivity contribution in [3.8, 4) is 0 Å². The topological polar surface area (TPSA) is 153 Å². The van der Waals surface area contributed by atoms with Gasteiger partial charge in [-0.05, 0) is 43.7 Å². The number of rotatable bonds is 47. The van der Waals surface area contributed by atoms with E-state index in [-0.39, 0.29) is 24.1 Å². The third-order valence-corrected chi connectivity index (χ3v) is 14.5. The number of unbranched alkanes of at least 4 members (excludes halogenated alkanes) is 34. The van der Waals surface area contributed by atoms with Crippen LogP contribution in [0, 0.1) is 11.6 Å². The second-order valence-corrected chi connectivity index (χ2v) is 21.0. The van der Waals surface area contributed by atoms with Crippen molar-refractivity contribution in [2.24, 2.45) is 0 Å². The molecule has 1 aliphatic heterocycles. The maximum atomic E-state index is 14.1. The first-order valence-corrected chi connectivity index (χ1v) is 29.3. The van der Waals surface area contributed by atoms with E-state index in [9.17, 15) is 34.3 Å². The van der Waals surface area contributed by atoms with Gasteiger partial charge in [0.2, 0.25) is 0 Å². The van der Waals surface area contributed by atoms with Crippen molar-refractivity contribution >= 4 is 23.1 Å². The van der Waals surface area contributed by atoms with Crippen molar-refractivity contribution < 1.29 is 48.5 Å². The Balaban J connectivity index is 1.70. The van der Waals surface area contributed by atoms with E-state index in [1.807, 2.05) is 0 Å². The van der Waals surface area contributed by atoms with E-state index in [1.165, 1.54) is 193 Å². The van der Waals surface area contributed by atoms with Gasteiger partial charge in [-0.2, -0.15) is 0 Å². The molecule has 8 atom stereocenters. The average molecular weight is 1020 g/mol. The Morgan fingerprint density at radius 1 is 0.586 bits per heavy atom. The van der Waals surface area contributed by atoms with Crippen LogP contribution in [0.15, 0.2) is 18.2 Å². The summed E-state index contributed by atoms with van der Waals surface area (Å²) in [7, 11) is 0. The van der Waals surface area contributed by atoms with Gasteiger partial charge >= 0.3 is 0 Å². The van der Waals surface area contributed by atoms with Crippen molar-refractivity contribution in [3.63, 3.8) is 0 Å². The standard InChI is InChI=1S/C57H104F2N2O8S/c1-3-5-7-9-11-13-15-17-18-19-20-21-22-23-24-25-26-27-28-30-32-34-36-38-42-60-49(52(63)50(62)39-37-35-33-31-29-16-14-12-10-8-6-4-2)44-67-56-55(66)54(65)53(64)51(69-56)45-68-57(70)61-48-41-40-46(58)43-47(48)59/h40-41,43,49-56,60,62-66H,3-39,42,44-45H2,1-2H3,(H,61,70)/t49-,50+,51+,52-,53-,54-,55+,56-/m0/s1. The summed E-state index contributed by atoms with van der Waals surface area (Å²) in [6, 6.07) is 2.21. The molecule has 0 spiro atoms. The molecule has 10 nitrogen and oxygen atoms in total. The summed E-state index contributed by atoms with van der Waals surface area (Å²) in [5.41, 5.74) is -0.114. The molecule has 0 aromatic heterocycles. The number of hydrogen-bond donors (Lipinski definition) is 7. The van der Waals surface area contributed by atoms with Gasteiger partial charge in [-0.25, -0.2) is 8.78 Å². The maximum Gasteiger partial charge on any atom is 0.261 e. The molecular weight excluding hydrogens is 911 g/mol. The third kappa shape index (κ3) is 31.9. The first-order valence-electron chi connectivity index (χ1n) is 28.9. The number of benzene rings is 1. The SMILES string of the molecule is CCCCCCCCCCCCCCCCCCCCCCCCCCN[C@@H](CO[C@H]1O[C@H](COC(=S)Nc2ccc(F)cc2F)[C@H](O)[C@H](O)[C@H]1O)[C@H](O)[C@H](O)CCCCCCCCCCCCCC. The van der Waals surface area contributed by atoms with E-state index < -0.39 is 60.6 Å². The number of ether oxygens (including phenoxy) is 3. The van der Waals surface area contributed by atoms with Crippen LogP contribution < -0.4 is 10.6 Å². The highest BCUT2D eigenvalue weighted by atomic mass is 32.1. The highest BCUT2D eigenvalue weighted by Gasteiger charge is 2.45. The van der Waals surface area contributed by atoms with Gasteiger partial charge in [0.1, 0.15) is 42.7 Å². The summed E-state index contributed by atoms with van der Waals surface area (Å²) >= 11 is 5.14. The molecule has 410 valence electrons. The van der Waals surface area contributed by atoms with Gasteiger partial charge in [-0.3, -0.25) is 0 Å². The number of aliphatic hydroxyl groups excluding tert-OH is 5. The fourth-order valence-electron chi connectivity index (χ4n) is 9.57. The Morgan fingerprint density at radius 3 is 1.43 bits per heavy atom. The highest BCUT2D eigenvalue weighted by molar-refractivity contribution is 7.80. The number of halogens is 2. The van der Waals surface area contributed by atoms with Crippen LogP contribution in [-0.4, -0.2) is 99.4 Å². The van der Waals surface area contributed by atoms with Crippen LogP contribution in [0.5, 0.6) is 0 Å². The average Bonchev–Trinajstić information content (AvgIpc) is 3.35. The molecule has 1 heterocycles. The van der Waals surface area contributed by atoms with E-state index in [4.69, 9.17) is 26.4 Å². The lowest BCUT2D eigenvalue weighted by atomic mass is 9.98. The van der Waals surface area contributed by atoms with Crippen molar-refractivity contribution in [1.82, 2.24) is 5.32 Å². The molecule has 0 amide bonds. The molecule has 0 unspecified atom stereocenters. The van der Waals surface area contributed by atoms with Crippen LogP contribution in [0.25, 0.3) is 0 Å². The molecule has 13 heteroatoms. The van der Waals surface area contributed by atoms with E-state index in [2.05, 4.69) is 24.5 Å². The molecule has 1 saturated heterocycles. The van der Waals surface area contributed by atoms with Gasteiger partial charge in [0.25, 0.3) is 5.17 Å². The normalized spacial score (nSPS) is 19.6. The maximum absolute atomic E-state index is 14.1. The summed E-state index contributed by atoms with van der Waals surface area (Å²) in [5.74, 6) is -1.63. The largest absolute Gasteiger partial charge is 0.468 e. The summed E-state index contributed by atoms with van der Waals surface area (Å²) in [6.45, 7) is 4.58. The lowest BCUT2D eigenvalue weighted by Crippen LogP contribution is -2.60. The molecule has 0 radical (unpaired) electrons. The van der Waals surface area contributed by atoms with Gasteiger partial charge in [0.05, 0.1) is 30.5 Å². The molecular formula is C57H104F2N2O8S. The van der Waals surface area contributed by atoms with Crippen molar-refractivity contribution in [3.05, 3.63) is 29.8 Å². The minimum Gasteiger partial charge on any atom is -0.468 e. The molecule has 0 bridgehead atoms. The Kier molecular flexibility index (Phi) is 40.4. The second-order valence-electron chi connectivity index (χ2n) is 20.6. The fraction of sp³-hybridized carbons (Fsp3) is 0.877. The first kappa shape index (κ1) is 64.6. The quantitative estimate of drug-likeness (QED) is 0.0247. The number of anilines is 1. The predicted molar refractivity (Wildman–Crippen MR) is 287 cm³/mol. The molecule has 1 fully saturated rings. The lowest BCUT2D eigenvalue weighted by molar-refractivity contribution is -0.302. The van der Waals surface area contributed by atoms with Crippen molar-refractivity contribution in [1.29, 1.82) is 0 Å². The van der Waals surface area contributed by atoms with Crippen LogP contribution in [0.4, 0.5) is 14.5 Å². The number of nitrogens with one attached hydrogen (secondary N) is 2. The van der Waals surface area contributed by atoms with E-state index in [0.29, 0.717) is 19.0 Å². The number of aliphatic hydroxyl groups is 5. The zero-order valence-corrected chi connectivity index (χ0v) is 45.1. The van der Waals surface area contributed by atoms with E-state index >= 15 is 0 Å². The minimum absolute atomic E-state index is 0.114. The smallest absolute Gasteiger partial charge is 0.261 e. The van der Waals surface area contributed by atoms with Crippen LogP contribution in [-0.2, 0) is 14.2 Å². The van der Waals surface area contributed by atoms with Gasteiger partial charge in [-0.1, -0.05) is 239 Å². The fourth-order valence-corrected chi connectivity index (χ4v) is 9.75. The molecule has 70 heavy (non-hydrogen) atoms. The lowest BCUT2D eigenvalue weighted by Gasteiger charge is -2.40.